The summed E-state index contributed by atoms with van der Waals surface area (Å²) < 4.78 is 13.5. The molecule has 1 aromatic rings. The second-order valence-corrected chi connectivity index (χ2v) is 5.08. The first kappa shape index (κ1) is 17.4. The molecule has 0 aliphatic heterocycles. The standard InChI is InChI=1S/C16H26FN3O/c1-4-7-9-20(10-8-5-2)16(21)14-11-13(17)12-19-15(14)18-6-3/h11-12H,4-10H2,1-3H3,(H,18,19). The van der Waals surface area contributed by atoms with Crippen LogP contribution in [0.4, 0.5) is 10.2 Å². The molecule has 0 unspecified atom stereocenters. The van der Waals surface area contributed by atoms with E-state index >= 15 is 0 Å². The summed E-state index contributed by atoms with van der Waals surface area (Å²) in [6, 6.07) is 1.28. The third-order valence-corrected chi connectivity index (χ3v) is 3.28. The van der Waals surface area contributed by atoms with E-state index in [1.54, 1.807) is 0 Å². The summed E-state index contributed by atoms with van der Waals surface area (Å²) in [6.07, 6.45) is 5.09. The number of carbonyl (C=O) groups excluding carboxylic acids is 1. The molecular weight excluding hydrogens is 269 g/mol. The van der Waals surface area contributed by atoms with E-state index in [0.29, 0.717) is 31.0 Å². The predicted molar refractivity (Wildman–Crippen MR) is 84.1 cm³/mol. The largest absolute Gasteiger partial charge is 0.370 e. The van der Waals surface area contributed by atoms with Crippen LogP contribution in [0.25, 0.3) is 0 Å². The Hall–Kier alpha value is -1.65. The molecule has 0 aliphatic rings. The van der Waals surface area contributed by atoms with Crippen LogP contribution in [0.2, 0.25) is 0 Å². The summed E-state index contributed by atoms with van der Waals surface area (Å²) in [5.41, 5.74) is 0.323. The van der Waals surface area contributed by atoms with E-state index in [0.717, 1.165) is 31.9 Å². The van der Waals surface area contributed by atoms with E-state index < -0.39 is 5.82 Å². The van der Waals surface area contributed by atoms with Crippen molar-refractivity contribution in [3.63, 3.8) is 0 Å². The highest BCUT2D eigenvalue weighted by Gasteiger charge is 2.19. The number of nitrogens with one attached hydrogen (secondary N) is 1. The number of rotatable bonds is 9. The molecule has 0 saturated heterocycles. The molecule has 0 bridgehead atoms. The van der Waals surface area contributed by atoms with Crippen molar-refractivity contribution in [3.8, 4) is 0 Å². The molecule has 21 heavy (non-hydrogen) atoms. The minimum Gasteiger partial charge on any atom is -0.370 e. The first-order valence-electron chi connectivity index (χ1n) is 7.82. The van der Waals surface area contributed by atoms with Crippen LogP contribution in [0.15, 0.2) is 12.3 Å². The lowest BCUT2D eigenvalue weighted by molar-refractivity contribution is 0.0751. The Morgan fingerprint density at radius 3 is 2.38 bits per heavy atom. The molecule has 0 atom stereocenters. The van der Waals surface area contributed by atoms with Crippen molar-refractivity contribution < 1.29 is 9.18 Å². The molecule has 0 aromatic carbocycles. The average Bonchev–Trinajstić information content (AvgIpc) is 2.49. The van der Waals surface area contributed by atoms with E-state index in [4.69, 9.17) is 0 Å². The topological polar surface area (TPSA) is 45.2 Å². The SMILES string of the molecule is CCCCN(CCCC)C(=O)c1cc(F)cnc1NCC. The van der Waals surface area contributed by atoms with Crippen LogP contribution in [0.1, 0.15) is 56.8 Å². The number of carbonyl (C=O) groups is 1. The summed E-state index contributed by atoms with van der Waals surface area (Å²) in [4.78, 5) is 18.5. The lowest BCUT2D eigenvalue weighted by Gasteiger charge is -2.23. The van der Waals surface area contributed by atoms with Gasteiger partial charge in [-0.2, -0.15) is 0 Å². The number of amides is 1. The molecule has 4 nitrogen and oxygen atoms in total. The Morgan fingerprint density at radius 1 is 1.24 bits per heavy atom. The van der Waals surface area contributed by atoms with E-state index in [2.05, 4.69) is 24.1 Å². The van der Waals surface area contributed by atoms with Crippen molar-refractivity contribution in [2.75, 3.05) is 25.0 Å². The highest BCUT2D eigenvalue weighted by atomic mass is 19.1. The van der Waals surface area contributed by atoms with Gasteiger partial charge < -0.3 is 10.2 Å². The van der Waals surface area contributed by atoms with Crippen molar-refractivity contribution in [2.45, 2.75) is 46.5 Å². The number of nitrogens with zero attached hydrogens (tertiary/aromatic N) is 2. The van der Waals surface area contributed by atoms with Gasteiger partial charge in [0.2, 0.25) is 0 Å². The Morgan fingerprint density at radius 2 is 1.86 bits per heavy atom. The van der Waals surface area contributed by atoms with Crippen LogP contribution >= 0.6 is 0 Å². The lowest BCUT2D eigenvalue weighted by Crippen LogP contribution is -2.33. The van der Waals surface area contributed by atoms with Crippen LogP contribution in [0, 0.1) is 5.82 Å². The van der Waals surface area contributed by atoms with Crippen molar-refractivity contribution in [2.24, 2.45) is 0 Å². The van der Waals surface area contributed by atoms with Gasteiger partial charge in [0.25, 0.3) is 5.91 Å². The zero-order valence-corrected chi connectivity index (χ0v) is 13.3. The lowest BCUT2D eigenvalue weighted by atomic mass is 10.2. The van der Waals surface area contributed by atoms with Crippen LogP contribution in [-0.4, -0.2) is 35.4 Å². The zero-order chi connectivity index (χ0) is 15.7. The first-order chi connectivity index (χ1) is 10.1. The highest BCUT2D eigenvalue weighted by Crippen LogP contribution is 2.17. The van der Waals surface area contributed by atoms with Crippen LogP contribution in [0.3, 0.4) is 0 Å². The monoisotopic (exact) mass is 295 g/mol. The number of pyridine rings is 1. The Balaban J connectivity index is 2.97. The summed E-state index contributed by atoms with van der Waals surface area (Å²) in [5, 5.41) is 3.03. The van der Waals surface area contributed by atoms with Crippen LogP contribution < -0.4 is 5.32 Å². The molecule has 0 aliphatic carbocycles. The second kappa shape index (κ2) is 9.32. The van der Waals surface area contributed by atoms with E-state index in [1.807, 2.05) is 11.8 Å². The van der Waals surface area contributed by atoms with Crippen molar-refractivity contribution in [3.05, 3.63) is 23.6 Å². The van der Waals surface area contributed by atoms with Gasteiger partial charge in [-0.15, -0.1) is 0 Å². The maximum atomic E-state index is 13.5. The molecule has 0 radical (unpaired) electrons. The minimum absolute atomic E-state index is 0.139. The first-order valence-corrected chi connectivity index (χ1v) is 7.82. The summed E-state index contributed by atoms with van der Waals surface area (Å²) in [6.45, 7) is 8.16. The number of aromatic nitrogens is 1. The van der Waals surface area contributed by atoms with Crippen molar-refractivity contribution >= 4 is 11.7 Å². The molecule has 5 heteroatoms. The molecule has 1 aromatic heterocycles. The fourth-order valence-electron chi connectivity index (χ4n) is 2.09. The zero-order valence-electron chi connectivity index (χ0n) is 13.3. The molecule has 0 fully saturated rings. The predicted octanol–water partition coefficient (Wildman–Crippen LogP) is 3.69. The van der Waals surface area contributed by atoms with E-state index in [1.165, 1.54) is 6.07 Å². The second-order valence-electron chi connectivity index (χ2n) is 5.08. The highest BCUT2D eigenvalue weighted by molar-refractivity contribution is 5.98. The molecule has 1 heterocycles. The summed E-state index contributed by atoms with van der Waals surface area (Å²) >= 11 is 0. The fourth-order valence-corrected chi connectivity index (χ4v) is 2.09. The summed E-state index contributed by atoms with van der Waals surface area (Å²) in [7, 11) is 0. The maximum Gasteiger partial charge on any atom is 0.257 e. The number of hydrogen-bond acceptors (Lipinski definition) is 3. The Bertz CT molecular complexity index is 443. The molecule has 0 saturated carbocycles. The van der Waals surface area contributed by atoms with Crippen LogP contribution in [-0.2, 0) is 0 Å². The van der Waals surface area contributed by atoms with Gasteiger partial charge in [-0.25, -0.2) is 9.37 Å². The molecule has 1 N–H and O–H groups in total. The number of anilines is 1. The van der Waals surface area contributed by atoms with Gasteiger partial charge >= 0.3 is 0 Å². The smallest absolute Gasteiger partial charge is 0.257 e. The summed E-state index contributed by atoms with van der Waals surface area (Å²) in [5.74, 6) is -0.160. The van der Waals surface area contributed by atoms with Crippen molar-refractivity contribution in [1.82, 2.24) is 9.88 Å². The average molecular weight is 295 g/mol. The van der Waals surface area contributed by atoms with Gasteiger partial charge in [0.1, 0.15) is 11.6 Å². The third-order valence-electron chi connectivity index (χ3n) is 3.28. The third kappa shape index (κ3) is 5.33. The van der Waals surface area contributed by atoms with Crippen LogP contribution in [0.5, 0.6) is 0 Å². The number of halogens is 1. The Labute approximate surface area is 126 Å². The fraction of sp³-hybridized carbons (Fsp3) is 0.625. The number of unbranched alkanes of at least 4 members (excludes halogenated alkanes) is 2. The van der Waals surface area contributed by atoms with Crippen molar-refractivity contribution in [1.29, 1.82) is 0 Å². The van der Waals surface area contributed by atoms with Gasteiger partial charge in [0.15, 0.2) is 0 Å². The molecule has 1 amide bonds. The van der Waals surface area contributed by atoms with Gasteiger partial charge in [-0.1, -0.05) is 26.7 Å². The van der Waals surface area contributed by atoms with E-state index in [9.17, 15) is 9.18 Å². The molecule has 0 spiro atoms. The minimum atomic E-state index is -0.481. The van der Waals surface area contributed by atoms with Gasteiger partial charge in [-0.05, 0) is 25.8 Å². The quantitative estimate of drug-likeness (QED) is 0.755. The molecule has 118 valence electrons. The van der Waals surface area contributed by atoms with Gasteiger partial charge in [-0.3, -0.25) is 4.79 Å². The van der Waals surface area contributed by atoms with E-state index in [-0.39, 0.29) is 5.91 Å². The van der Waals surface area contributed by atoms with Gasteiger partial charge in [0.05, 0.1) is 11.8 Å². The Kier molecular flexibility index (Phi) is 7.72. The van der Waals surface area contributed by atoms with Gasteiger partial charge in [0, 0.05) is 19.6 Å². The molecular formula is C16H26FN3O. The number of hydrogen-bond donors (Lipinski definition) is 1. The maximum absolute atomic E-state index is 13.5. The molecule has 1 rings (SSSR count). The normalized spacial score (nSPS) is 10.5.